The molecule has 0 bridgehead atoms. The predicted molar refractivity (Wildman–Crippen MR) is 85.9 cm³/mol. The van der Waals surface area contributed by atoms with Gasteiger partial charge in [-0.3, -0.25) is 9.59 Å². The zero-order chi connectivity index (χ0) is 16.4. The van der Waals surface area contributed by atoms with Crippen LogP contribution in [0.25, 0.3) is 0 Å². The van der Waals surface area contributed by atoms with Gasteiger partial charge in [0.25, 0.3) is 0 Å². The SMILES string of the molecule is CC(C)OCCCNC(=O)C(=O)N/N=C/c1ccc(Cl)cc1. The van der Waals surface area contributed by atoms with Gasteiger partial charge in [-0.2, -0.15) is 5.10 Å². The first kappa shape index (κ1) is 18.1. The van der Waals surface area contributed by atoms with Crippen molar-refractivity contribution in [3.8, 4) is 0 Å². The summed E-state index contributed by atoms with van der Waals surface area (Å²) in [5.41, 5.74) is 2.92. The maximum absolute atomic E-state index is 11.5. The molecule has 2 amide bonds. The lowest BCUT2D eigenvalue weighted by Gasteiger charge is -2.07. The second kappa shape index (κ2) is 9.92. The van der Waals surface area contributed by atoms with Crippen LogP contribution in [-0.2, 0) is 14.3 Å². The number of hydrogen-bond acceptors (Lipinski definition) is 4. The summed E-state index contributed by atoms with van der Waals surface area (Å²) in [6.45, 7) is 4.78. The molecule has 0 saturated carbocycles. The lowest BCUT2D eigenvalue weighted by molar-refractivity contribution is -0.139. The number of amides is 2. The second-order valence-corrected chi connectivity index (χ2v) is 5.22. The van der Waals surface area contributed by atoms with E-state index in [1.807, 2.05) is 13.8 Å². The number of rotatable bonds is 7. The van der Waals surface area contributed by atoms with Crippen molar-refractivity contribution in [3.05, 3.63) is 34.9 Å². The van der Waals surface area contributed by atoms with Crippen LogP contribution in [0.4, 0.5) is 0 Å². The van der Waals surface area contributed by atoms with Gasteiger partial charge in [-0.05, 0) is 38.0 Å². The fourth-order valence-corrected chi connectivity index (χ4v) is 1.56. The summed E-state index contributed by atoms with van der Waals surface area (Å²) in [7, 11) is 0. The van der Waals surface area contributed by atoms with Crippen LogP contribution in [0.15, 0.2) is 29.4 Å². The molecule has 0 saturated heterocycles. The van der Waals surface area contributed by atoms with Gasteiger partial charge in [0.1, 0.15) is 0 Å². The normalized spacial score (nSPS) is 10.9. The smallest absolute Gasteiger partial charge is 0.329 e. The van der Waals surface area contributed by atoms with Crippen LogP contribution >= 0.6 is 11.6 Å². The molecular weight excluding hydrogens is 306 g/mol. The number of carbonyl (C=O) groups excluding carboxylic acids is 2. The van der Waals surface area contributed by atoms with Gasteiger partial charge in [0.05, 0.1) is 12.3 Å². The zero-order valence-electron chi connectivity index (χ0n) is 12.6. The van der Waals surface area contributed by atoms with E-state index in [1.165, 1.54) is 6.21 Å². The molecule has 0 aliphatic carbocycles. The first-order valence-corrected chi connectivity index (χ1v) is 7.35. The minimum atomic E-state index is -0.810. The van der Waals surface area contributed by atoms with E-state index in [-0.39, 0.29) is 6.10 Å². The molecule has 0 spiro atoms. The number of hydrogen-bond donors (Lipinski definition) is 2. The van der Waals surface area contributed by atoms with Gasteiger partial charge in [0, 0.05) is 18.2 Å². The fourth-order valence-electron chi connectivity index (χ4n) is 1.44. The van der Waals surface area contributed by atoms with Crippen molar-refractivity contribution in [1.82, 2.24) is 10.7 Å². The van der Waals surface area contributed by atoms with Crippen molar-refractivity contribution < 1.29 is 14.3 Å². The minimum absolute atomic E-state index is 0.154. The van der Waals surface area contributed by atoms with Gasteiger partial charge in [-0.15, -0.1) is 0 Å². The average Bonchev–Trinajstić information content (AvgIpc) is 2.48. The Bertz CT molecular complexity index is 515. The van der Waals surface area contributed by atoms with Crippen LogP contribution in [0.2, 0.25) is 5.02 Å². The summed E-state index contributed by atoms with van der Waals surface area (Å²) in [4.78, 5) is 22.9. The van der Waals surface area contributed by atoms with E-state index in [0.29, 0.717) is 24.6 Å². The van der Waals surface area contributed by atoms with E-state index in [0.717, 1.165) is 5.56 Å². The van der Waals surface area contributed by atoms with Crippen LogP contribution in [0.1, 0.15) is 25.8 Å². The van der Waals surface area contributed by atoms with Gasteiger partial charge in [-0.1, -0.05) is 23.7 Å². The number of benzene rings is 1. The third-order valence-corrected chi connectivity index (χ3v) is 2.77. The summed E-state index contributed by atoms with van der Waals surface area (Å²) in [5, 5.41) is 6.81. The summed E-state index contributed by atoms with van der Waals surface area (Å²) < 4.78 is 5.32. The largest absolute Gasteiger partial charge is 0.379 e. The Balaban J connectivity index is 2.23. The standard InChI is InChI=1S/C15H20ClN3O3/c1-11(2)22-9-3-8-17-14(20)15(21)19-18-10-12-4-6-13(16)7-5-12/h4-7,10-11H,3,8-9H2,1-2H3,(H,17,20)(H,19,21)/b18-10+. The maximum atomic E-state index is 11.5. The number of ether oxygens (including phenoxy) is 1. The number of hydrazone groups is 1. The van der Waals surface area contributed by atoms with Gasteiger partial charge in [-0.25, -0.2) is 5.43 Å². The molecule has 0 aliphatic heterocycles. The van der Waals surface area contributed by atoms with Crippen LogP contribution in [0.3, 0.4) is 0 Å². The van der Waals surface area contributed by atoms with Gasteiger partial charge >= 0.3 is 11.8 Å². The minimum Gasteiger partial charge on any atom is -0.379 e. The molecule has 0 aromatic heterocycles. The van der Waals surface area contributed by atoms with E-state index in [2.05, 4.69) is 15.8 Å². The van der Waals surface area contributed by atoms with E-state index < -0.39 is 11.8 Å². The molecule has 0 radical (unpaired) electrons. The highest BCUT2D eigenvalue weighted by molar-refractivity contribution is 6.35. The number of carbonyl (C=O) groups is 2. The molecule has 1 aromatic rings. The Morgan fingerprint density at radius 2 is 1.95 bits per heavy atom. The lowest BCUT2D eigenvalue weighted by Crippen LogP contribution is -2.38. The Hall–Kier alpha value is -1.92. The van der Waals surface area contributed by atoms with Crippen LogP contribution in [0.5, 0.6) is 0 Å². The second-order valence-electron chi connectivity index (χ2n) is 4.78. The van der Waals surface area contributed by atoms with Crippen molar-refractivity contribution in [2.24, 2.45) is 5.10 Å². The van der Waals surface area contributed by atoms with Gasteiger partial charge in [0.15, 0.2) is 0 Å². The summed E-state index contributed by atoms with van der Waals surface area (Å²) in [6.07, 6.45) is 2.23. The number of nitrogens with one attached hydrogen (secondary N) is 2. The molecule has 0 aliphatic rings. The molecule has 6 nitrogen and oxygen atoms in total. The highest BCUT2D eigenvalue weighted by Gasteiger charge is 2.11. The van der Waals surface area contributed by atoms with Crippen molar-refractivity contribution >= 4 is 29.6 Å². The number of halogens is 1. The third-order valence-electron chi connectivity index (χ3n) is 2.51. The Morgan fingerprint density at radius 1 is 1.27 bits per heavy atom. The molecule has 2 N–H and O–H groups in total. The monoisotopic (exact) mass is 325 g/mol. The fraction of sp³-hybridized carbons (Fsp3) is 0.400. The van der Waals surface area contributed by atoms with Crippen molar-refractivity contribution in [2.45, 2.75) is 26.4 Å². The first-order chi connectivity index (χ1) is 10.5. The lowest BCUT2D eigenvalue weighted by atomic mass is 10.2. The predicted octanol–water partition coefficient (Wildman–Crippen LogP) is 1.72. The quantitative estimate of drug-likeness (QED) is 0.347. The average molecular weight is 326 g/mol. The number of nitrogens with zero attached hydrogens (tertiary/aromatic N) is 1. The van der Waals surface area contributed by atoms with Crippen LogP contribution in [-0.4, -0.2) is 37.3 Å². The summed E-state index contributed by atoms with van der Waals surface area (Å²) >= 11 is 5.75. The highest BCUT2D eigenvalue weighted by atomic mass is 35.5. The molecule has 0 fully saturated rings. The Labute approximate surface area is 134 Å². The zero-order valence-corrected chi connectivity index (χ0v) is 13.4. The molecule has 1 rings (SSSR count). The Morgan fingerprint density at radius 3 is 2.59 bits per heavy atom. The molecule has 7 heteroatoms. The molecular formula is C15H20ClN3O3. The van der Waals surface area contributed by atoms with Crippen LogP contribution in [0, 0.1) is 0 Å². The maximum Gasteiger partial charge on any atom is 0.329 e. The first-order valence-electron chi connectivity index (χ1n) is 6.97. The van der Waals surface area contributed by atoms with Gasteiger partial charge < -0.3 is 10.1 Å². The highest BCUT2D eigenvalue weighted by Crippen LogP contribution is 2.07. The molecule has 22 heavy (non-hydrogen) atoms. The molecule has 0 atom stereocenters. The summed E-state index contributed by atoms with van der Waals surface area (Å²) in [6, 6.07) is 6.90. The van der Waals surface area contributed by atoms with E-state index in [4.69, 9.17) is 16.3 Å². The Kier molecular flexibility index (Phi) is 8.17. The van der Waals surface area contributed by atoms with Crippen molar-refractivity contribution in [3.63, 3.8) is 0 Å². The molecule has 0 unspecified atom stereocenters. The molecule has 120 valence electrons. The summed E-state index contributed by atoms with van der Waals surface area (Å²) in [5.74, 6) is -1.53. The third kappa shape index (κ3) is 7.75. The van der Waals surface area contributed by atoms with Crippen molar-refractivity contribution in [2.75, 3.05) is 13.2 Å². The molecule has 0 heterocycles. The van der Waals surface area contributed by atoms with Crippen LogP contribution < -0.4 is 10.7 Å². The molecule has 1 aromatic carbocycles. The topological polar surface area (TPSA) is 79.8 Å². The van der Waals surface area contributed by atoms with E-state index >= 15 is 0 Å². The van der Waals surface area contributed by atoms with E-state index in [9.17, 15) is 9.59 Å². The van der Waals surface area contributed by atoms with Gasteiger partial charge in [0.2, 0.25) is 0 Å². The van der Waals surface area contributed by atoms with E-state index in [1.54, 1.807) is 24.3 Å². The van der Waals surface area contributed by atoms with Crippen molar-refractivity contribution in [1.29, 1.82) is 0 Å².